The van der Waals surface area contributed by atoms with Crippen molar-refractivity contribution in [2.45, 2.75) is 18.6 Å². The molecule has 0 fully saturated rings. The Kier molecular flexibility index (Phi) is 3.42. The van der Waals surface area contributed by atoms with Gasteiger partial charge in [0.2, 0.25) is 0 Å². The summed E-state index contributed by atoms with van der Waals surface area (Å²) in [5.41, 5.74) is -0.194. The average Bonchev–Trinajstić information content (AvgIpc) is 2.70. The molecule has 1 aliphatic rings. The van der Waals surface area contributed by atoms with Gasteiger partial charge in [-0.2, -0.15) is 0 Å². The molecule has 5 heteroatoms. The molecule has 1 aliphatic heterocycles. The van der Waals surface area contributed by atoms with Crippen LogP contribution in [-0.4, -0.2) is 22.1 Å². The molecule has 2 aromatic rings. The van der Waals surface area contributed by atoms with E-state index in [1.165, 1.54) is 4.90 Å². The van der Waals surface area contributed by atoms with Crippen LogP contribution in [0.1, 0.15) is 17.5 Å². The third-order valence-corrected chi connectivity index (χ3v) is 3.83. The summed E-state index contributed by atoms with van der Waals surface area (Å²) in [5.74, 6) is -1.81. The first-order chi connectivity index (χ1) is 10.5. The van der Waals surface area contributed by atoms with Gasteiger partial charge in [-0.05, 0) is 11.6 Å². The predicted octanol–water partition coefficient (Wildman–Crippen LogP) is 1.90. The minimum absolute atomic E-state index is 0.290. The van der Waals surface area contributed by atoms with Crippen LogP contribution in [0.25, 0.3) is 0 Å². The smallest absolute Gasteiger partial charge is 0.307 e. The number of aliphatic hydroxyl groups is 1. The number of amides is 1. The van der Waals surface area contributed by atoms with Gasteiger partial charge in [0, 0.05) is 5.56 Å². The molecular weight excluding hydrogens is 282 g/mol. The number of carbonyl (C=O) groups is 2. The van der Waals surface area contributed by atoms with Crippen LogP contribution in [0, 0.1) is 0 Å². The molecule has 1 heterocycles. The third kappa shape index (κ3) is 2.25. The van der Waals surface area contributed by atoms with Crippen molar-refractivity contribution < 1.29 is 19.8 Å². The number of fused-ring (bicyclic) bond motifs is 1. The van der Waals surface area contributed by atoms with Crippen molar-refractivity contribution >= 4 is 17.6 Å². The number of hydrogen-bond acceptors (Lipinski definition) is 3. The number of carbonyl (C=O) groups excluding carboxylic acids is 1. The molecule has 112 valence electrons. The van der Waals surface area contributed by atoms with Crippen LogP contribution in [0.2, 0.25) is 0 Å². The summed E-state index contributed by atoms with van der Waals surface area (Å²) < 4.78 is 0. The Labute approximate surface area is 127 Å². The molecule has 5 nitrogen and oxygen atoms in total. The topological polar surface area (TPSA) is 77.8 Å². The molecule has 0 radical (unpaired) electrons. The standard InChI is InChI=1S/C17H15NO4/c19-15(20)10-17(22)13-8-4-5-9-14(13)18(16(17)21)11-12-6-2-1-3-7-12/h1-9,22H,10-11H2,(H,19,20)/t17-/m1/s1. The van der Waals surface area contributed by atoms with E-state index in [9.17, 15) is 14.7 Å². The van der Waals surface area contributed by atoms with Gasteiger partial charge in [0.15, 0.2) is 5.60 Å². The van der Waals surface area contributed by atoms with E-state index in [2.05, 4.69) is 0 Å². The highest BCUT2D eigenvalue weighted by molar-refractivity contribution is 6.08. The number of carboxylic acid groups (broad SMARTS) is 1. The fraction of sp³-hybridized carbons (Fsp3) is 0.176. The van der Waals surface area contributed by atoms with Crippen LogP contribution in [0.4, 0.5) is 5.69 Å². The van der Waals surface area contributed by atoms with Gasteiger partial charge in [0.25, 0.3) is 5.91 Å². The first-order valence-corrected chi connectivity index (χ1v) is 6.92. The number of para-hydroxylation sites is 1. The summed E-state index contributed by atoms with van der Waals surface area (Å²) in [5, 5.41) is 19.7. The number of rotatable bonds is 4. The SMILES string of the molecule is O=C(O)C[C@]1(O)C(=O)N(Cc2ccccc2)c2ccccc21. The molecule has 1 atom stereocenters. The molecule has 0 aromatic heterocycles. The minimum Gasteiger partial charge on any atom is -0.481 e. The van der Waals surface area contributed by atoms with E-state index in [4.69, 9.17) is 5.11 Å². The average molecular weight is 297 g/mol. The second-order valence-electron chi connectivity index (χ2n) is 5.32. The lowest BCUT2D eigenvalue weighted by molar-refractivity contribution is -0.150. The fourth-order valence-electron chi connectivity index (χ4n) is 2.82. The molecule has 0 unspecified atom stereocenters. The first-order valence-electron chi connectivity index (χ1n) is 6.92. The van der Waals surface area contributed by atoms with Crippen molar-refractivity contribution in [3.05, 3.63) is 65.7 Å². The summed E-state index contributed by atoms with van der Waals surface area (Å²) in [6, 6.07) is 16.1. The van der Waals surface area contributed by atoms with Crippen molar-refractivity contribution in [1.82, 2.24) is 0 Å². The molecule has 3 rings (SSSR count). The fourth-order valence-corrected chi connectivity index (χ4v) is 2.82. The second kappa shape index (κ2) is 5.27. The largest absolute Gasteiger partial charge is 0.481 e. The Morgan fingerprint density at radius 2 is 1.68 bits per heavy atom. The maximum Gasteiger partial charge on any atom is 0.307 e. The molecule has 1 amide bonds. The number of nitrogens with zero attached hydrogens (tertiary/aromatic N) is 1. The molecule has 0 bridgehead atoms. The number of anilines is 1. The van der Waals surface area contributed by atoms with Gasteiger partial charge in [0.1, 0.15) is 0 Å². The molecular formula is C17H15NO4. The zero-order chi connectivity index (χ0) is 15.7. The molecule has 22 heavy (non-hydrogen) atoms. The van der Waals surface area contributed by atoms with Gasteiger partial charge < -0.3 is 15.1 Å². The van der Waals surface area contributed by atoms with Crippen molar-refractivity contribution in [1.29, 1.82) is 0 Å². The van der Waals surface area contributed by atoms with Gasteiger partial charge >= 0.3 is 5.97 Å². The lowest BCUT2D eigenvalue weighted by Gasteiger charge is -2.21. The van der Waals surface area contributed by atoms with Gasteiger partial charge in [-0.3, -0.25) is 9.59 Å². The van der Waals surface area contributed by atoms with Crippen molar-refractivity contribution in [3.8, 4) is 0 Å². The zero-order valence-corrected chi connectivity index (χ0v) is 11.8. The number of hydrogen-bond donors (Lipinski definition) is 2. The monoisotopic (exact) mass is 297 g/mol. The predicted molar refractivity (Wildman–Crippen MR) is 80.2 cm³/mol. The van der Waals surface area contributed by atoms with Gasteiger partial charge in [-0.25, -0.2) is 0 Å². The number of aliphatic carboxylic acids is 1. The van der Waals surface area contributed by atoms with Crippen LogP contribution in [0.15, 0.2) is 54.6 Å². The quantitative estimate of drug-likeness (QED) is 0.903. The van der Waals surface area contributed by atoms with Crippen molar-refractivity contribution in [3.63, 3.8) is 0 Å². The lowest BCUT2D eigenvalue weighted by atomic mass is 9.92. The summed E-state index contributed by atoms with van der Waals surface area (Å²) in [4.78, 5) is 25.1. The van der Waals surface area contributed by atoms with Crippen molar-refractivity contribution in [2.24, 2.45) is 0 Å². The lowest BCUT2D eigenvalue weighted by Crippen LogP contribution is -2.41. The minimum atomic E-state index is -2.00. The van der Waals surface area contributed by atoms with Crippen LogP contribution in [0.5, 0.6) is 0 Å². The summed E-state index contributed by atoms with van der Waals surface area (Å²) in [7, 11) is 0. The maximum atomic E-state index is 12.6. The molecule has 0 aliphatic carbocycles. The molecule has 2 aromatic carbocycles. The molecule has 2 N–H and O–H groups in total. The normalized spacial score (nSPS) is 20.0. The third-order valence-electron chi connectivity index (χ3n) is 3.83. The highest BCUT2D eigenvalue weighted by atomic mass is 16.4. The maximum absolute atomic E-state index is 12.6. The Hall–Kier alpha value is -2.66. The summed E-state index contributed by atoms with van der Waals surface area (Å²) in [6.45, 7) is 0.290. The highest BCUT2D eigenvalue weighted by Gasteiger charge is 2.50. The van der Waals surface area contributed by atoms with Crippen LogP contribution in [-0.2, 0) is 21.7 Å². The first kappa shape index (κ1) is 14.3. The van der Waals surface area contributed by atoms with E-state index in [1.54, 1.807) is 24.3 Å². The van der Waals surface area contributed by atoms with E-state index >= 15 is 0 Å². The molecule has 0 spiro atoms. The summed E-state index contributed by atoms with van der Waals surface area (Å²) >= 11 is 0. The number of benzene rings is 2. The molecule has 0 saturated carbocycles. The van der Waals surface area contributed by atoms with Gasteiger partial charge in [0.05, 0.1) is 18.7 Å². The summed E-state index contributed by atoms with van der Waals surface area (Å²) in [6.07, 6.45) is -0.645. The van der Waals surface area contributed by atoms with Gasteiger partial charge in [-0.15, -0.1) is 0 Å². The second-order valence-corrected chi connectivity index (χ2v) is 5.32. The number of carboxylic acids is 1. The Balaban J connectivity index is 2.02. The van der Waals surface area contributed by atoms with E-state index in [-0.39, 0.29) is 0 Å². The highest BCUT2D eigenvalue weighted by Crippen LogP contribution is 2.42. The van der Waals surface area contributed by atoms with E-state index < -0.39 is 23.9 Å². The Morgan fingerprint density at radius 3 is 2.36 bits per heavy atom. The van der Waals surface area contributed by atoms with Crippen molar-refractivity contribution in [2.75, 3.05) is 4.90 Å². The van der Waals surface area contributed by atoms with E-state index in [0.717, 1.165) is 5.56 Å². The van der Waals surface area contributed by atoms with E-state index in [0.29, 0.717) is 17.8 Å². The van der Waals surface area contributed by atoms with Crippen LogP contribution >= 0.6 is 0 Å². The van der Waals surface area contributed by atoms with Crippen LogP contribution < -0.4 is 4.90 Å². The Morgan fingerprint density at radius 1 is 1.05 bits per heavy atom. The van der Waals surface area contributed by atoms with Gasteiger partial charge in [-0.1, -0.05) is 48.5 Å². The van der Waals surface area contributed by atoms with E-state index in [1.807, 2.05) is 30.3 Å². The Bertz CT molecular complexity index is 728. The molecule has 0 saturated heterocycles. The van der Waals surface area contributed by atoms with Crippen LogP contribution in [0.3, 0.4) is 0 Å². The zero-order valence-electron chi connectivity index (χ0n) is 11.8.